The number of carboxylic acids is 1. The molecule has 1 unspecified atom stereocenters. The van der Waals surface area contributed by atoms with E-state index in [9.17, 15) is 14.0 Å². The molecule has 2 rings (SSSR count). The number of amides is 1. The summed E-state index contributed by atoms with van der Waals surface area (Å²) in [5.41, 5.74) is 0.590. The first-order valence-corrected chi connectivity index (χ1v) is 5.52. The molecule has 6 heteroatoms. The standard InChI is InChI=1S/C12H12FNO4/c13-11(12(16)17)18-9-4-1-3-8(7-9)14-6-2-5-10(14)15/h1,3-4,7,11H,2,5-6H2,(H,16,17). The van der Waals surface area contributed by atoms with Gasteiger partial charge in [-0.15, -0.1) is 0 Å². The molecule has 5 nitrogen and oxygen atoms in total. The molecular weight excluding hydrogens is 241 g/mol. The Hall–Kier alpha value is -2.11. The Morgan fingerprint density at radius 3 is 2.89 bits per heavy atom. The van der Waals surface area contributed by atoms with E-state index >= 15 is 0 Å². The number of carbonyl (C=O) groups excluding carboxylic acids is 1. The van der Waals surface area contributed by atoms with Crippen LogP contribution >= 0.6 is 0 Å². The molecule has 1 fully saturated rings. The molecule has 1 aliphatic rings. The average Bonchev–Trinajstić information content (AvgIpc) is 2.75. The Kier molecular flexibility index (Phi) is 3.45. The summed E-state index contributed by atoms with van der Waals surface area (Å²) < 4.78 is 17.5. The van der Waals surface area contributed by atoms with Gasteiger partial charge in [0.25, 0.3) is 0 Å². The van der Waals surface area contributed by atoms with E-state index in [-0.39, 0.29) is 11.7 Å². The summed E-state index contributed by atoms with van der Waals surface area (Å²) in [4.78, 5) is 23.4. The molecule has 1 amide bonds. The third kappa shape index (κ3) is 2.58. The maximum absolute atomic E-state index is 12.9. The van der Waals surface area contributed by atoms with E-state index in [1.807, 2.05) is 0 Å². The number of carbonyl (C=O) groups is 2. The van der Waals surface area contributed by atoms with E-state index < -0.39 is 12.3 Å². The topological polar surface area (TPSA) is 66.8 Å². The van der Waals surface area contributed by atoms with E-state index in [1.165, 1.54) is 12.1 Å². The second-order valence-corrected chi connectivity index (χ2v) is 3.92. The van der Waals surface area contributed by atoms with E-state index in [2.05, 4.69) is 4.74 Å². The third-order valence-electron chi connectivity index (χ3n) is 2.64. The van der Waals surface area contributed by atoms with E-state index in [0.29, 0.717) is 18.7 Å². The van der Waals surface area contributed by atoms with E-state index in [0.717, 1.165) is 6.42 Å². The van der Waals surface area contributed by atoms with Crippen molar-refractivity contribution in [1.82, 2.24) is 0 Å². The Balaban J connectivity index is 2.14. The molecule has 0 bridgehead atoms. The number of anilines is 1. The normalized spacial score (nSPS) is 16.7. The fourth-order valence-electron chi connectivity index (χ4n) is 1.82. The molecule has 1 heterocycles. The highest BCUT2D eigenvalue weighted by Gasteiger charge is 2.23. The molecule has 0 saturated carbocycles. The van der Waals surface area contributed by atoms with Crippen LogP contribution < -0.4 is 9.64 Å². The molecule has 0 radical (unpaired) electrons. The van der Waals surface area contributed by atoms with Gasteiger partial charge >= 0.3 is 12.3 Å². The van der Waals surface area contributed by atoms with E-state index in [1.54, 1.807) is 17.0 Å². The highest BCUT2D eigenvalue weighted by atomic mass is 19.1. The number of halogens is 1. The maximum atomic E-state index is 12.9. The van der Waals surface area contributed by atoms with Crippen molar-refractivity contribution < 1.29 is 23.8 Å². The lowest BCUT2D eigenvalue weighted by Gasteiger charge is -2.16. The van der Waals surface area contributed by atoms with Crippen molar-refractivity contribution in [2.24, 2.45) is 0 Å². The summed E-state index contributed by atoms with van der Waals surface area (Å²) >= 11 is 0. The molecule has 1 aromatic carbocycles. The number of aliphatic carboxylic acids is 1. The number of rotatable bonds is 4. The maximum Gasteiger partial charge on any atom is 0.378 e. The van der Waals surface area contributed by atoms with Gasteiger partial charge in [0, 0.05) is 24.7 Å². The lowest BCUT2D eigenvalue weighted by atomic mass is 10.3. The van der Waals surface area contributed by atoms with Gasteiger partial charge in [-0.2, -0.15) is 4.39 Å². The van der Waals surface area contributed by atoms with Gasteiger partial charge in [-0.3, -0.25) is 4.79 Å². The molecule has 0 aliphatic carbocycles. The van der Waals surface area contributed by atoms with Gasteiger partial charge in [0.2, 0.25) is 5.91 Å². The monoisotopic (exact) mass is 253 g/mol. The van der Waals surface area contributed by atoms with Gasteiger partial charge in [0.05, 0.1) is 0 Å². The van der Waals surface area contributed by atoms with Gasteiger partial charge in [-0.25, -0.2) is 4.79 Å². The van der Waals surface area contributed by atoms with Gasteiger partial charge in [-0.05, 0) is 18.6 Å². The number of ether oxygens (including phenoxy) is 1. The van der Waals surface area contributed by atoms with Crippen molar-refractivity contribution in [3.8, 4) is 5.75 Å². The van der Waals surface area contributed by atoms with Gasteiger partial charge in [0.15, 0.2) is 0 Å². The van der Waals surface area contributed by atoms with Crippen LogP contribution in [0.3, 0.4) is 0 Å². The Labute approximate surface area is 103 Å². The average molecular weight is 253 g/mol. The van der Waals surface area contributed by atoms with Crippen LogP contribution in [0.1, 0.15) is 12.8 Å². The minimum absolute atomic E-state index is 0.00202. The van der Waals surface area contributed by atoms with Crippen molar-refractivity contribution in [2.75, 3.05) is 11.4 Å². The summed E-state index contributed by atoms with van der Waals surface area (Å²) in [6, 6.07) is 6.19. The first-order valence-electron chi connectivity index (χ1n) is 5.52. The third-order valence-corrected chi connectivity index (χ3v) is 2.64. The van der Waals surface area contributed by atoms with Gasteiger partial charge < -0.3 is 14.7 Å². The van der Waals surface area contributed by atoms with Crippen LogP contribution in [-0.2, 0) is 9.59 Å². The highest BCUT2D eigenvalue weighted by Crippen LogP contribution is 2.25. The van der Waals surface area contributed by atoms with Crippen molar-refractivity contribution in [2.45, 2.75) is 19.2 Å². The Morgan fingerprint density at radius 1 is 1.50 bits per heavy atom. The largest absolute Gasteiger partial charge is 0.476 e. The van der Waals surface area contributed by atoms with Crippen LogP contribution in [0.4, 0.5) is 10.1 Å². The lowest BCUT2D eigenvalue weighted by molar-refractivity contribution is -0.153. The number of benzene rings is 1. The fourth-order valence-corrected chi connectivity index (χ4v) is 1.82. The van der Waals surface area contributed by atoms with Crippen LogP contribution in [0, 0.1) is 0 Å². The molecule has 1 saturated heterocycles. The quantitative estimate of drug-likeness (QED) is 0.884. The molecule has 1 aliphatic heterocycles. The van der Waals surface area contributed by atoms with Crippen LogP contribution in [0.15, 0.2) is 24.3 Å². The predicted octanol–water partition coefficient (Wildman–Crippen LogP) is 1.57. The van der Waals surface area contributed by atoms with Crippen LogP contribution in [0.25, 0.3) is 0 Å². The van der Waals surface area contributed by atoms with Crippen molar-refractivity contribution >= 4 is 17.6 Å². The molecule has 0 aromatic heterocycles. The smallest absolute Gasteiger partial charge is 0.378 e. The molecule has 96 valence electrons. The molecule has 1 N–H and O–H groups in total. The lowest BCUT2D eigenvalue weighted by Crippen LogP contribution is -2.24. The fraction of sp³-hybridized carbons (Fsp3) is 0.333. The zero-order valence-corrected chi connectivity index (χ0v) is 9.51. The SMILES string of the molecule is O=C(O)C(F)Oc1cccc(N2CCCC2=O)c1. The summed E-state index contributed by atoms with van der Waals surface area (Å²) in [7, 11) is 0. The summed E-state index contributed by atoms with van der Waals surface area (Å²) in [5.74, 6) is -1.60. The first kappa shape index (κ1) is 12.3. The van der Waals surface area contributed by atoms with E-state index in [4.69, 9.17) is 5.11 Å². The number of nitrogens with zero attached hydrogens (tertiary/aromatic N) is 1. The number of hydrogen-bond donors (Lipinski definition) is 1. The van der Waals surface area contributed by atoms with Crippen LogP contribution in [0.2, 0.25) is 0 Å². The Bertz CT molecular complexity index is 477. The second kappa shape index (κ2) is 5.03. The van der Waals surface area contributed by atoms with Crippen molar-refractivity contribution in [3.63, 3.8) is 0 Å². The minimum atomic E-state index is -2.41. The summed E-state index contributed by atoms with van der Waals surface area (Å²) in [6.45, 7) is 0.611. The van der Waals surface area contributed by atoms with Crippen LogP contribution in [0.5, 0.6) is 5.75 Å². The van der Waals surface area contributed by atoms with Gasteiger partial charge in [-0.1, -0.05) is 6.07 Å². The summed E-state index contributed by atoms with van der Waals surface area (Å²) in [5, 5.41) is 8.40. The second-order valence-electron chi connectivity index (χ2n) is 3.92. The first-order chi connectivity index (χ1) is 8.58. The predicted molar refractivity (Wildman–Crippen MR) is 61.2 cm³/mol. The molecular formula is C12H12FNO4. The zero-order chi connectivity index (χ0) is 13.1. The molecule has 0 spiro atoms. The molecule has 1 aromatic rings. The zero-order valence-electron chi connectivity index (χ0n) is 9.51. The van der Waals surface area contributed by atoms with Crippen molar-refractivity contribution in [1.29, 1.82) is 0 Å². The molecule has 18 heavy (non-hydrogen) atoms. The minimum Gasteiger partial charge on any atom is -0.476 e. The summed E-state index contributed by atoms with van der Waals surface area (Å²) in [6.07, 6.45) is -1.13. The number of hydrogen-bond acceptors (Lipinski definition) is 3. The number of carboxylic acid groups (broad SMARTS) is 1. The highest BCUT2D eigenvalue weighted by molar-refractivity contribution is 5.95. The molecule has 1 atom stereocenters. The van der Waals surface area contributed by atoms with Crippen molar-refractivity contribution in [3.05, 3.63) is 24.3 Å². The van der Waals surface area contributed by atoms with Crippen LogP contribution in [-0.4, -0.2) is 29.9 Å². The number of alkyl halides is 1. The van der Waals surface area contributed by atoms with Gasteiger partial charge in [0.1, 0.15) is 5.75 Å². The Morgan fingerprint density at radius 2 is 2.28 bits per heavy atom.